The van der Waals surface area contributed by atoms with Crippen LogP contribution in [-0.4, -0.2) is 45.8 Å². The smallest absolute Gasteiger partial charge is 0.248 e. The summed E-state index contributed by atoms with van der Waals surface area (Å²) in [6, 6.07) is 8.05. The molecule has 0 atom stereocenters. The first-order chi connectivity index (χ1) is 12.0. The second kappa shape index (κ2) is 7.36. The van der Waals surface area contributed by atoms with Gasteiger partial charge in [-0.15, -0.1) is 0 Å². The van der Waals surface area contributed by atoms with E-state index < -0.39 is 0 Å². The zero-order valence-corrected chi connectivity index (χ0v) is 14.8. The third-order valence-corrected chi connectivity index (χ3v) is 3.98. The quantitative estimate of drug-likeness (QED) is 0.704. The lowest BCUT2D eigenvalue weighted by atomic mass is 10.2. The van der Waals surface area contributed by atoms with Crippen LogP contribution in [0.2, 0.25) is 0 Å². The third kappa shape index (κ3) is 4.36. The molecule has 6 heteroatoms. The molecule has 2 heterocycles. The highest BCUT2D eigenvalue weighted by Crippen LogP contribution is 2.20. The molecule has 0 spiro atoms. The molecule has 3 rings (SSSR count). The fraction of sp³-hybridized carbons (Fsp3) is 0.263. The minimum atomic E-state index is -0.157. The standard InChI is InChI=1S/C19H23N5O/c1-22(2)10-11-24-9-8-16-12-17(5-6-18(16)24)21-19(25)7-4-15-13-20-23(3)14-15/h4-9,12-14H,10-11H2,1-3H3,(H,21,25). The molecule has 0 aliphatic rings. The summed E-state index contributed by atoms with van der Waals surface area (Å²) >= 11 is 0. The summed E-state index contributed by atoms with van der Waals surface area (Å²) < 4.78 is 3.93. The Hall–Kier alpha value is -2.86. The second-order valence-corrected chi connectivity index (χ2v) is 6.36. The molecule has 0 aliphatic carbocycles. The minimum absolute atomic E-state index is 0.157. The summed E-state index contributed by atoms with van der Waals surface area (Å²) in [6.45, 7) is 1.93. The van der Waals surface area contributed by atoms with E-state index in [1.807, 2.05) is 31.4 Å². The number of carbonyl (C=O) groups is 1. The Labute approximate surface area is 147 Å². The second-order valence-electron chi connectivity index (χ2n) is 6.36. The van der Waals surface area contributed by atoms with Crippen LogP contribution in [0.4, 0.5) is 5.69 Å². The molecule has 0 bridgehead atoms. The molecular weight excluding hydrogens is 314 g/mol. The Morgan fingerprint density at radius 1 is 1.32 bits per heavy atom. The van der Waals surface area contributed by atoms with Crippen LogP contribution in [-0.2, 0) is 18.4 Å². The summed E-state index contributed by atoms with van der Waals surface area (Å²) in [5, 5.41) is 8.09. The Kier molecular flexibility index (Phi) is 5.00. The number of carbonyl (C=O) groups excluding carboxylic acids is 1. The van der Waals surface area contributed by atoms with E-state index in [1.165, 1.54) is 11.6 Å². The van der Waals surface area contributed by atoms with Crippen LogP contribution in [0.1, 0.15) is 5.56 Å². The van der Waals surface area contributed by atoms with Gasteiger partial charge >= 0.3 is 0 Å². The van der Waals surface area contributed by atoms with Crippen LogP contribution in [0.3, 0.4) is 0 Å². The number of benzene rings is 1. The number of likely N-dealkylation sites (N-methyl/N-ethyl adjacent to an activating group) is 1. The normalized spacial score (nSPS) is 11.7. The van der Waals surface area contributed by atoms with Crippen molar-refractivity contribution in [1.29, 1.82) is 0 Å². The molecule has 0 fully saturated rings. The maximum Gasteiger partial charge on any atom is 0.248 e. The van der Waals surface area contributed by atoms with Gasteiger partial charge in [-0.3, -0.25) is 9.48 Å². The lowest BCUT2D eigenvalue weighted by Gasteiger charge is -2.11. The molecule has 1 aromatic carbocycles. The molecule has 0 radical (unpaired) electrons. The number of nitrogens with zero attached hydrogens (tertiary/aromatic N) is 4. The number of nitrogens with one attached hydrogen (secondary N) is 1. The summed E-state index contributed by atoms with van der Waals surface area (Å²) in [6.07, 6.45) is 8.92. The Bertz CT molecular complexity index is 904. The minimum Gasteiger partial charge on any atom is -0.346 e. The largest absolute Gasteiger partial charge is 0.346 e. The maximum absolute atomic E-state index is 12.1. The number of rotatable bonds is 6. The van der Waals surface area contributed by atoms with Crippen molar-refractivity contribution in [3.63, 3.8) is 0 Å². The van der Waals surface area contributed by atoms with E-state index >= 15 is 0 Å². The number of aromatic nitrogens is 3. The van der Waals surface area contributed by atoms with Gasteiger partial charge in [0.05, 0.1) is 6.20 Å². The highest BCUT2D eigenvalue weighted by atomic mass is 16.1. The molecule has 0 saturated carbocycles. The molecule has 6 nitrogen and oxygen atoms in total. The van der Waals surface area contributed by atoms with Crippen LogP contribution >= 0.6 is 0 Å². The van der Waals surface area contributed by atoms with E-state index in [2.05, 4.69) is 46.2 Å². The monoisotopic (exact) mass is 337 g/mol. The molecule has 0 unspecified atom stereocenters. The van der Waals surface area contributed by atoms with Crippen molar-refractivity contribution in [1.82, 2.24) is 19.2 Å². The van der Waals surface area contributed by atoms with Crippen LogP contribution in [0.25, 0.3) is 17.0 Å². The van der Waals surface area contributed by atoms with E-state index in [1.54, 1.807) is 17.0 Å². The molecule has 2 aromatic heterocycles. The van der Waals surface area contributed by atoms with Gasteiger partial charge in [-0.05, 0) is 44.4 Å². The van der Waals surface area contributed by atoms with Crippen molar-refractivity contribution in [2.24, 2.45) is 7.05 Å². The van der Waals surface area contributed by atoms with Crippen LogP contribution in [0, 0.1) is 0 Å². The van der Waals surface area contributed by atoms with E-state index in [0.29, 0.717) is 0 Å². The van der Waals surface area contributed by atoms with Crippen molar-refractivity contribution in [3.8, 4) is 0 Å². The number of aryl methyl sites for hydroxylation is 1. The zero-order chi connectivity index (χ0) is 17.8. The Morgan fingerprint density at radius 2 is 2.16 bits per heavy atom. The van der Waals surface area contributed by atoms with Crippen molar-refractivity contribution in [2.45, 2.75) is 6.54 Å². The van der Waals surface area contributed by atoms with Gasteiger partial charge < -0.3 is 14.8 Å². The zero-order valence-electron chi connectivity index (χ0n) is 14.8. The van der Waals surface area contributed by atoms with Gasteiger partial charge in [0.1, 0.15) is 0 Å². The lowest BCUT2D eigenvalue weighted by Crippen LogP contribution is -2.17. The highest BCUT2D eigenvalue weighted by Gasteiger charge is 2.04. The molecule has 0 aliphatic heterocycles. The molecule has 1 amide bonds. The summed E-state index contributed by atoms with van der Waals surface area (Å²) in [5.74, 6) is -0.157. The summed E-state index contributed by atoms with van der Waals surface area (Å²) in [7, 11) is 5.98. The van der Waals surface area contributed by atoms with E-state index in [4.69, 9.17) is 0 Å². The van der Waals surface area contributed by atoms with Crippen molar-refractivity contribution < 1.29 is 4.79 Å². The maximum atomic E-state index is 12.1. The van der Waals surface area contributed by atoms with E-state index in [0.717, 1.165) is 29.7 Å². The van der Waals surface area contributed by atoms with E-state index in [-0.39, 0.29) is 5.91 Å². The molecule has 130 valence electrons. The Morgan fingerprint density at radius 3 is 2.88 bits per heavy atom. The SMILES string of the molecule is CN(C)CCn1ccc2cc(NC(=O)C=Cc3cnn(C)c3)ccc21. The van der Waals surface area contributed by atoms with Crippen molar-refractivity contribution in [3.05, 3.63) is 54.5 Å². The van der Waals surface area contributed by atoms with Gasteiger partial charge in [0.2, 0.25) is 5.91 Å². The summed E-state index contributed by atoms with van der Waals surface area (Å²) in [5.41, 5.74) is 2.86. The first kappa shape index (κ1) is 17.0. The molecule has 3 aromatic rings. The van der Waals surface area contributed by atoms with Crippen molar-refractivity contribution in [2.75, 3.05) is 26.0 Å². The van der Waals surface area contributed by atoms with Gasteiger partial charge in [-0.25, -0.2) is 0 Å². The average molecular weight is 337 g/mol. The molecular formula is C19H23N5O. The van der Waals surface area contributed by atoms with Crippen LogP contribution < -0.4 is 5.32 Å². The third-order valence-electron chi connectivity index (χ3n) is 3.98. The first-order valence-corrected chi connectivity index (χ1v) is 8.22. The number of hydrogen-bond donors (Lipinski definition) is 1. The first-order valence-electron chi connectivity index (χ1n) is 8.22. The fourth-order valence-corrected chi connectivity index (χ4v) is 2.66. The molecule has 0 saturated heterocycles. The highest BCUT2D eigenvalue weighted by molar-refractivity contribution is 6.02. The molecule has 1 N–H and O–H groups in total. The van der Waals surface area contributed by atoms with Crippen molar-refractivity contribution >= 4 is 28.6 Å². The van der Waals surface area contributed by atoms with Gasteiger partial charge in [0.25, 0.3) is 0 Å². The lowest BCUT2D eigenvalue weighted by molar-refractivity contribution is -0.111. The number of fused-ring (bicyclic) bond motifs is 1. The number of anilines is 1. The fourth-order valence-electron chi connectivity index (χ4n) is 2.66. The Balaban J connectivity index is 1.67. The average Bonchev–Trinajstić information content (AvgIpc) is 3.16. The topological polar surface area (TPSA) is 55.1 Å². The van der Waals surface area contributed by atoms with Gasteiger partial charge in [0, 0.05) is 60.8 Å². The number of hydrogen-bond acceptors (Lipinski definition) is 3. The van der Waals surface area contributed by atoms with Crippen LogP contribution in [0.5, 0.6) is 0 Å². The van der Waals surface area contributed by atoms with Gasteiger partial charge in [-0.1, -0.05) is 0 Å². The van der Waals surface area contributed by atoms with Gasteiger partial charge in [0.15, 0.2) is 0 Å². The summed E-state index contributed by atoms with van der Waals surface area (Å²) in [4.78, 5) is 14.2. The van der Waals surface area contributed by atoms with Crippen LogP contribution in [0.15, 0.2) is 48.9 Å². The predicted molar refractivity (Wildman–Crippen MR) is 101 cm³/mol. The number of amides is 1. The molecule has 25 heavy (non-hydrogen) atoms. The van der Waals surface area contributed by atoms with Gasteiger partial charge in [-0.2, -0.15) is 5.10 Å². The van der Waals surface area contributed by atoms with E-state index in [9.17, 15) is 4.79 Å². The predicted octanol–water partition coefficient (Wildman–Crippen LogP) is 2.59.